The molecular formula is C13H14Cl2N2O4. The zero-order chi connectivity index (χ0) is 16.0. The lowest BCUT2D eigenvalue weighted by molar-refractivity contribution is -0.123. The predicted octanol–water partition coefficient (Wildman–Crippen LogP) is 2.38. The second-order valence-corrected chi connectivity index (χ2v) is 5.22. The Hall–Kier alpha value is -1.79. The normalized spacial score (nSPS) is 10.1. The molecule has 1 aromatic rings. The molecule has 0 unspecified atom stereocenters. The molecule has 0 heterocycles. The Bertz CT molecular complexity index is 561. The van der Waals surface area contributed by atoms with Gasteiger partial charge in [-0.2, -0.15) is 0 Å². The van der Waals surface area contributed by atoms with Crippen LogP contribution in [0.3, 0.4) is 0 Å². The third-order valence-electron chi connectivity index (χ3n) is 2.16. The Morgan fingerprint density at radius 2 is 1.90 bits per heavy atom. The number of hydrogen-bond donors (Lipinski definition) is 2. The highest BCUT2D eigenvalue weighted by molar-refractivity contribution is 6.36. The average molecular weight is 333 g/mol. The van der Waals surface area contributed by atoms with Crippen molar-refractivity contribution >= 4 is 41.1 Å². The zero-order valence-electron chi connectivity index (χ0n) is 11.4. The quantitative estimate of drug-likeness (QED) is 0.829. The van der Waals surface area contributed by atoms with Crippen molar-refractivity contribution < 1.29 is 19.1 Å². The predicted molar refractivity (Wildman–Crippen MR) is 78.6 cm³/mol. The van der Waals surface area contributed by atoms with Crippen LogP contribution in [0, 0.1) is 0 Å². The first-order chi connectivity index (χ1) is 9.79. The number of rotatable bonds is 4. The smallest absolute Gasteiger partial charge is 0.340 e. The summed E-state index contributed by atoms with van der Waals surface area (Å²) >= 11 is 11.5. The molecule has 1 rings (SSSR count). The molecule has 114 valence electrons. The van der Waals surface area contributed by atoms with Gasteiger partial charge in [0.25, 0.3) is 5.91 Å². The maximum Gasteiger partial charge on any atom is 0.340 e. The standard InChI is InChI=1S/C13H14Cl2N2O4/c1-7(2)16-13(20)17-11(18)6-21-12(19)9-4-3-8(14)5-10(9)15/h3-5,7H,6H2,1-2H3,(H2,16,17,18,20). The lowest BCUT2D eigenvalue weighted by Gasteiger charge is -2.09. The monoisotopic (exact) mass is 332 g/mol. The Morgan fingerprint density at radius 3 is 2.48 bits per heavy atom. The number of nitrogens with one attached hydrogen (secondary N) is 2. The molecule has 0 bridgehead atoms. The Labute approximate surface area is 131 Å². The summed E-state index contributed by atoms with van der Waals surface area (Å²) in [6.45, 7) is 2.89. The minimum Gasteiger partial charge on any atom is -0.452 e. The molecule has 0 radical (unpaired) electrons. The van der Waals surface area contributed by atoms with Crippen molar-refractivity contribution in [2.45, 2.75) is 19.9 Å². The van der Waals surface area contributed by atoms with E-state index in [0.717, 1.165) is 0 Å². The third kappa shape index (κ3) is 6.01. The van der Waals surface area contributed by atoms with Crippen LogP contribution in [0.1, 0.15) is 24.2 Å². The largest absolute Gasteiger partial charge is 0.452 e. The summed E-state index contributed by atoms with van der Waals surface area (Å²) in [7, 11) is 0. The minimum absolute atomic E-state index is 0.0838. The zero-order valence-corrected chi connectivity index (χ0v) is 12.9. The molecule has 8 heteroatoms. The van der Waals surface area contributed by atoms with Crippen LogP contribution in [0.15, 0.2) is 18.2 Å². The second-order valence-electron chi connectivity index (χ2n) is 4.38. The van der Waals surface area contributed by atoms with Crippen LogP contribution >= 0.6 is 23.2 Å². The van der Waals surface area contributed by atoms with Crippen molar-refractivity contribution in [1.82, 2.24) is 10.6 Å². The summed E-state index contributed by atoms with van der Waals surface area (Å²) < 4.78 is 4.76. The fourth-order valence-corrected chi connectivity index (χ4v) is 1.81. The van der Waals surface area contributed by atoms with Gasteiger partial charge in [0.05, 0.1) is 10.6 Å². The van der Waals surface area contributed by atoms with Crippen LogP contribution in [0.2, 0.25) is 10.0 Å². The van der Waals surface area contributed by atoms with Crippen LogP contribution in [-0.4, -0.2) is 30.6 Å². The molecule has 0 fully saturated rings. The summed E-state index contributed by atoms with van der Waals surface area (Å²) in [6.07, 6.45) is 0. The lowest BCUT2D eigenvalue weighted by Crippen LogP contribution is -2.44. The number of benzene rings is 1. The summed E-state index contributed by atoms with van der Waals surface area (Å²) in [5, 5.41) is 4.97. The molecule has 0 saturated carbocycles. The van der Waals surface area contributed by atoms with Crippen LogP contribution in [0.4, 0.5) is 4.79 Å². The molecule has 0 aliphatic rings. The van der Waals surface area contributed by atoms with E-state index in [1.807, 2.05) is 5.32 Å². The minimum atomic E-state index is -0.781. The first-order valence-corrected chi connectivity index (χ1v) is 6.77. The van der Waals surface area contributed by atoms with E-state index in [2.05, 4.69) is 5.32 Å². The number of amides is 3. The summed E-state index contributed by atoms with van der Waals surface area (Å²) in [5.74, 6) is -1.53. The lowest BCUT2D eigenvalue weighted by atomic mass is 10.2. The van der Waals surface area contributed by atoms with E-state index in [9.17, 15) is 14.4 Å². The van der Waals surface area contributed by atoms with Gasteiger partial charge in [-0.1, -0.05) is 23.2 Å². The molecule has 0 atom stereocenters. The van der Waals surface area contributed by atoms with Gasteiger partial charge in [0.1, 0.15) is 0 Å². The number of hydrogen-bond acceptors (Lipinski definition) is 4. The van der Waals surface area contributed by atoms with Gasteiger partial charge in [0, 0.05) is 11.1 Å². The number of carbonyl (C=O) groups is 3. The van der Waals surface area contributed by atoms with E-state index in [4.69, 9.17) is 27.9 Å². The van der Waals surface area contributed by atoms with Crippen molar-refractivity contribution in [3.8, 4) is 0 Å². The fourth-order valence-electron chi connectivity index (χ4n) is 1.32. The number of esters is 1. The first kappa shape index (κ1) is 17.3. The van der Waals surface area contributed by atoms with Gasteiger partial charge in [-0.25, -0.2) is 9.59 Å². The van der Waals surface area contributed by atoms with Gasteiger partial charge in [-0.05, 0) is 32.0 Å². The molecular weight excluding hydrogens is 319 g/mol. The highest BCUT2D eigenvalue weighted by atomic mass is 35.5. The molecule has 0 spiro atoms. The second kappa shape index (κ2) is 7.85. The molecule has 2 N–H and O–H groups in total. The molecule has 21 heavy (non-hydrogen) atoms. The van der Waals surface area contributed by atoms with Gasteiger partial charge in [0.2, 0.25) is 0 Å². The summed E-state index contributed by atoms with van der Waals surface area (Å²) in [5.41, 5.74) is 0.0838. The number of urea groups is 1. The van der Waals surface area contributed by atoms with Crippen LogP contribution in [0.25, 0.3) is 0 Å². The maximum absolute atomic E-state index is 11.7. The van der Waals surface area contributed by atoms with E-state index < -0.39 is 24.5 Å². The molecule has 3 amide bonds. The Balaban J connectivity index is 2.49. The summed E-state index contributed by atoms with van der Waals surface area (Å²) in [6, 6.07) is 3.47. The van der Waals surface area contributed by atoms with Gasteiger partial charge < -0.3 is 10.1 Å². The molecule has 1 aromatic carbocycles. The third-order valence-corrected chi connectivity index (χ3v) is 2.71. The Kier molecular flexibility index (Phi) is 6.45. The number of carbonyl (C=O) groups excluding carboxylic acids is 3. The van der Waals surface area contributed by atoms with Gasteiger partial charge >= 0.3 is 12.0 Å². The van der Waals surface area contributed by atoms with Crippen molar-refractivity contribution in [2.24, 2.45) is 0 Å². The van der Waals surface area contributed by atoms with Crippen molar-refractivity contribution in [1.29, 1.82) is 0 Å². The maximum atomic E-state index is 11.7. The van der Waals surface area contributed by atoms with E-state index in [1.165, 1.54) is 18.2 Å². The van der Waals surface area contributed by atoms with Crippen LogP contribution in [0.5, 0.6) is 0 Å². The van der Waals surface area contributed by atoms with Gasteiger partial charge in [-0.3, -0.25) is 10.1 Å². The molecule has 6 nitrogen and oxygen atoms in total. The van der Waals surface area contributed by atoms with Crippen molar-refractivity contribution in [2.75, 3.05) is 6.61 Å². The molecule has 0 aromatic heterocycles. The van der Waals surface area contributed by atoms with E-state index in [-0.39, 0.29) is 16.6 Å². The van der Waals surface area contributed by atoms with E-state index in [0.29, 0.717) is 5.02 Å². The summed E-state index contributed by atoms with van der Waals surface area (Å²) in [4.78, 5) is 34.4. The number of imide groups is 1. The van der Waals surface area contributed by atoms with Gasteiger partial charge in [0.15, 0.2) is 6.61 Å². The van der Waals surface area contributed by atoms with Crippen LogP contribution in [-0.2, 0) is 9.53 Å². The van der Waals surface area contributed by atoms with E-state index in [1.54, 1.807) is 13.8 Å². The Morgan fingerprint density at radius 1 is 1.24 bits per heavy atom. The number of halogens is 2. The molecule has 0 saturated heterocycles. The number of ether oxygens (including phenoxy) is 1. The van der Waals surface area contributed by atoms with Crippen molar-refractivity contribution in [3.05, 3.63) is 33.8 Å². The average Bonchev–Trinajstić information content (AvgIpc) is 2.34. The first-order valence-electron chi connectivity index (χ1n) is 6.02. The fraction of sp³-hybridized carbons (Fsp3) is 0.308. The van der Waals surface area contributed by atoms with Gasteiger partial charge in [-0.15, -0.1) is 0 Å². The van der Waals surface area contributed by atoms with Crippen molar-refractivity contribution in [3.63, 3.8) is 0 Å². The topological polar surface area (TPSA) is 84.5 Å². The highest BCUT2D eigenvalue weighted by Crippen LogP contribution is 2.21. The molecule has 0 aliphatic heterocycles. The SMILES string of the molecule is CC(C)NC(=O)NC(=O)COC(=O)c1ccc(Cl)cc1Cl. The molecule has 0 aliphatic carbocycles. The van der Waals surface area contributed by atoms with Crippen LogP contribution < -0.4 is 10.6 Å². The van der Waals surface area contributed by atoms with E-state index >= 15 is 0 Å². The highest BCUT2D eigenvalue weighted by Gasteiger charge is 2.15.